The van der Waals surface area contributed by atoms with Crippen LogP contribution in [0.2, 0.25) is 0 Å². The molecule has 58 heteroatoms. The number of guanidine groups is 1. The van der Waals surface area contributed by atoms with E-state index in [1.54, 1.807) is 27.9 Å². The molecule has 18 atom stereocenters. The molecule has 0 bridgehead atoms. The highest BCUT2D eigenvalue weighted by atomic mass is 31.2. The van der Waals surface area contributed by atoms with Crippen molar-refractivity contribution in [3.05, 3.63) is 95.3 Å². The number of aromatic nitrogens is 8. The van der Waals surface area contributed by atoms with Gasteiger partial charge in [0.1, 0.15) is 24.2 Å². The Morgan fingerprint density at radius 2 is 1.02 bits per heavy atom. The third kappa shape index (κ3) is 23.9. The van der Waals surface area contributed by atoms with Crippen LogP contribution in [0.5, 0.6) is 0 Å². The zero-order chi connectivity index (χ0) is 96.9. The van der Waals surface area contributed by atoms with E-state index in [9.17, 15) is 57.3 Å². The molecule has 5 saturated heterocycles. The lowest BCUT2D eigenvalue weighted by Gasteiger charge is -2.47. The number of carbonyl (C=O) groups is 7. The Balaban J connectivity index is 0.873. The molecule has 0 spiro atoms. The Bertz CT molecular complexity index is 5540. The molecule has 0 aromatic carbocycles. The zero-order valence-corrected chi connectivity index (χ0v) is 80.7. The molecule has 53 nitrogen and oxygen atoms in total. The topological polar surface area (TPSA) is 645 Å². The van der Waals surface area contributed by atoms with E-state index >= 15 is 18.3 Å². The van der Waals surface area contributed by atoms with Gasteiger partial charge in [-0.25, -0.2) is 56.6 Å². The second-order valence-corrected chi connectivity index (χ2v) is 47.6. The lowest BCUT2D eigenvalue weighted by atomic mass is 9.94. The smallest absolute Gasteiger partial charge is 0.351 e. The van der Waals surface area contributed by atoms with E-state index in [4.69, 9.17) is 68.9 Å². The van der Waals surface area contributed by atoms with Gasteiger partial charge < -0.3 is 84.4 Å². The monoisotopic (exact) mass is 1960 g/mol. The van der Waals surface area contributed by atoms with E-state index in [1.165, 1.54) is 173 Å². The van der Waals surface area contributed by atoms with Crippen LogP contribution >= 0.6 is 38.2 Å². The number of nitrogens with zero attached hydrogens (tertiary/aromatic N) is 16. The highest BCUT2D eigenvalue weighted by Crippen LogP contribution is 2.61. The fraction of sp³-hybridized carbons (Fsp3) is 0.662. The van der Waals surface area contributed by atoms with E-state index in [1.807, 2.05) is 0 Å². The standard InChI is InChI=1S/C74H120N27O26P5/c1-42(2)128(113,89(7)8)118-36-48-27-95(31-55(123-48)52-22-43(3)64(104)85-67(52)107)129(114,90(9)10)120-38-49-28-96(32-56(124-49)53-23-44(4)65(105)86-68(53)108)130(115,91(11)12)121-40-51-30-98(35-61(127-51)101-41-81-62-63(101)84-72(78)87-70(62)110)132(117,93(15)16)122-39-50-29-97(34-60(126-50)100-25-45(5)66(106)88-74(100)112)131(116,92(13)14)119-37-47-26-94(33-59(125-47)99-21-19-57(75)83-73(99)111)58(103)24-80-69(109)54(82-46(6)102)18-17-20-79-71(76)77/h19,21-23,25,41-42,47-56,59-61H,17-18,20,24,26-40H2,1-16H3,(H,80,109)(H,82,102)(H2,75,83,111)(H4,76,77,79)(H,85,104,107)(H,86,105,108)(H,88,106,112)(H3,78,84,87,110)/t47-,48-,49-,50-,51-,52?,53?,54?,55+,56+,59+,60+,61+,128?,129?,130?,131?,132?/m0/s1. The fourth-order valence-corrected chi connectivity index (χ4v) is 25.8. The first-order valence-corrected chi connectivity index (χ1v) is 50.0. The first-order chi connectivity index (χ1) is 61.9. The number of imide groups is 2. The van der Waals surface area contributed by atoms with Crippen LogP contribution in [0.15, 0.2) is 67.3 Å². The number of fused-ring (bicyclic) bond motifs is 1. The normalized spacial score (nSPS) is 26.7. The van der Waals surface area contributed by atoms with E-state index in [2.05, 4.69) is 51.5 Å². The Morgan fingerprint density at radius 1 is 0.568 bits per heavy atom. The number of amides is 7. The van der Waals surface area contributed by atoms with Crippen molar-refractivity contribution < 1.29 is 103 Å². The van der Waals surface area contributed by atoms with E-state index in [-0.39, 0.29) is 130 Å². The molecule has 7 aliphatic rings. The van der Waals surface area contributed by atoms with Crippen molar-refractivity contribution in [1.82, 2.24) is 112 Å². The van der Waals surface area contributed by atoms with Gasteiger partial charge in [-0.1, -0.05) is 26.0 Å². The summed E-state index contributed by atoms with van der Waals surface area (Å²) in [6.07, 6.45) is -5.55. The van der Waals surface area contributed by atoms with Gasteiger partial charge in [0, 0.05) is 94.0 Å². The number of rotatable bonds is 38. The summed E-state index contributed by atoms with van der Waals surface area (Å²) in [7, 11) is -6.65. The van der Waals surface area contributed by atoms with Gasteiger partial charge in [-0.15, -0.1) is 0 Å². The average Bonchev–Trinajstić information content (AvgIpc) is 1.56. The van der Waals surface area contributed by atoms with Crippen LogP contribution in [0.1, 0.15) is 71.7 Å². The Hall–Kier alpha value is -8.66. The number of ether oxygens (including phenoxy) is 5. The second kappa shape index (κ2) is 43.1. The van der Waals surface area contributed by atoms with Gasteiger partial charge in [0.2, 0.25) is 35.5 Å². The average molecular weight is 1960 g/mol. The van der Waals surface area contributed by atoms with Crippen molar-refractivity contribution in [3.8, 4) is 0 Å². The van der Waals surface area contributed by atoms with Crippen LogP contribution < -0.4 is 66.3 Å². The first-order valence-electron chi connectivity index (χ1n) is 42.2. The van der Waals surface area contributed by atoms with Gasteiger partial charge in [0.25, 0.3) is 30.5 Å². The number of hydrogen-bond donors (Lipinski definition) is 11. The summed E-state index contributed by atoms with van der Waals surface area (Å²) >= 11 is 0. The predicted octanol–water partition coefficient (Wildman–Crippen LogP) is -2.09. The molecular formula is C74H120N27O26P5. The maximum atomic E-state index is 16.5. The minimum absolute atomic E-state index is 0.0615. The number of anilines is 2. The number of imidazole rings is 1. The van der Waals surface area contributed by atoms with E-state index < -0.39 is 227 Å². The minimum atomic E-state index is -4.59. The van der Waals surface area contributed by atoms with Gasteiger partial charge in [-0.3, -0.25) is 106 Å². The summed E-state index contributed by atoms with van der Waals surface area (Å²) in [5.41, 5.74) is 13.8. The molecular weight excluding hydrogens is 1840 g/mol. The largest absolute Gasteiger partial charge is 0.383 e. The molecule has 7 amide bonds. The van der Waals surface area contributed by atoms with Crippen molar-refractivity contribution in [1.29, 1.82) is 5.41 Å². The number of H-pyrrole nitrogens is 2. The molecule has 0 aliphatic carbocycles. The van der Waals surface area contributed by atoms with Crippen molar-refractivity contribution >= 4 is 108 Å². The molecule has 11 rings (SSSR count). The van der Waals surface area contributed by atoms with Gasteiger partial charge in [0.05, 0.1) is 114 Å². The van der Waals surface area contributed by atoms with Crippen LogP contribution in [0.4, 0.5) is 11.8 Å². The van der Waals surface area contributed by atoms with Crippen LogP contribution in [0, 0.1) is 24.2 Å². The van der Waals surface area contributed by atoms with Crippen molar-refractivity contribution in [2.24, 2.45) is 17.6 Å². The maximum absolute atomic E-state index is 16.5. The fourth-order valence-electron chi connectivity index (χ4n) is 15.9. The number of aromatic amines is 2. The van der Waals surface area contributed by atoms with E-state index in [0.717, 1.165) is 9.13 Å². The molecule has 4 aromatic heterocycles. The summed E-state index contributed by atoms with van der Waals surface area (Å²) in [6.45, 7) is 2.71. The minimum Gasteiger partial charge on any atom is -0.383 e. The second-order valence-electron chi connectivity index (χ2n) is 34.0. The Labute approximate surface area is 759 Å². The van der Waals surface area contributed by atoms with Crippen molar-refractivity contribution in [2.45, 2.75) is 127 Å². The van der Waals surface area contributed by atoms with Crippen molar-refractivity contribution in [2.75, 3.05) is 194 Å². The van der Waals surface area contributed by atoms with Gasteiger partial charge in [0.15, 0.2) is 29.6 Å². The lowest BCUT2D eigenvalue weighted by molar-refractivity contribution is -0.159. The highest BCUT2D eigenvalue weighted by Gasteiger charge is 2.53. The third-order valence-corrected chi connectivity index (χ3v) is 35.9. The number of nitrogens with one attached hydrogen (secondary N) is 8. The van der Waals surface area contributed by atoms with Gasteiger partial charge >= 0.3 is 42.1 Å². The molecule has 732 valence electrons. The molecule has 4 aromatic rings. The number of aryl methyl sites for hydroxylation is 1. The van der Waals surface area contributed by atoms with Crippen molar-refractivity contribution in [3.63, 3.8) is 0 Å². The van der Waals surface area contributed by atoms with Crippen LogP contribution in [-0.2, 0) is 103 Å². The molecule has 14 N–H and O–H groups in total. The van der Waals surface area contributed by atoms with Gasteiger partial charge in [-0.2, -0.15) is 9.97 Å². The number of nitrogen functional groups attached to an aromatic ring is 2. The van der Waals surface area contributed by atoms with Crippen LogP contribution in [-0.4, -0.2) is 369 Å². The Morgan fingerprint density at radius 3 is 1.46 bits per heavy atom. The molecule has 0 saturated carbocycles. The number of carbonyl (C=O) groups excluding carboxylic acids is 7. The molecule has 0 radical (unpaired) electrons. The molecule has 7 aliphatic heterocycles. The lowest BCUT2D eigenvalue weighted by Crippen LogP contribution is -2.56. The summed E-state index contributed by atoms with van der Waals surface area (Å²) in [4.78, 5) is 166. The molecule has 132 heavy (non-hydrogen) atoms. The number of nitrogens with two attached hydrogens (primary N) is 3. The highest BCUT2D eigenvalue weighted by molar-refractivity contribution is 7.57. The number of hydrogen-bond acceptors (Lipinski definition) is 32. The Kier molecular flexibility index (Phi) is 33.9. The molecule has 8 unspecified atom stereocenters. The number of morpholine rings is 5. The van der Waals surface area contributed by atoms with Gasteiger partial charge in [-0.05, 0) is 110 Å². The van der Waals surface area contributed by atoms with E-state index in [0.29, 0.717) is 0 Å². The molecule has 11 heterocycles. The summed E-state index contributed by atoms with van der Waals surface area (Å²) in [6, 6.07) is 0.218. The summed E-state index contributed by atoms with van der Waals surface area (Å²) in [5, 5.41) is 19.9. The zero-order valence-electron chi connectivity index (χ0n) is 76.2. The summed E-state index contributed by atoms with van der Waals surface area (Å²) < 4.78 is 161. The SMILES string of the molecule is CC(=O)NC(CCCNC(=N)N)C(=O)NCC(=O)N1C[C@@H](COP(=O)(N(C)C)N2C[C@@H](COP(=O)(N(C)C)N3C[C@@H](COP(=O)(N(C)C)N4C[C@@H](COP(=O)(N(C)C)N5C[C@@H](COP(=O)(C(C)C)N(C)C)O[C@@H](C6C=C(C)C(=O)NC6=O)C5)O[C@@H](C5C=C(C)C(=O)NC5=O)C4)O[C@@H](n4cnc5c(=O)[nH]c(N)nc54)C3)O[C@@H](n3cc(C)c(=O)[nH]c3=O)C2)O[C@@H](n2ccc(N)nc2=O)C1. The van der Waals surface area contributed by atoms with Crippen LogP contribution in [0.3, 0.4) is 0 Å². The quantitative estimate of drug-likeness (QED) is 0.00753. The van der Waals surface area contributed by atoms with Crippen LogP contribution in [0.25, 0.3) is 11.2 Å². The third-order valence-electron chi connectivity index (χ3n) is 22.9. The first kappa shape index (κ1) is 104. The summed E-state index contributed by atoms with van der Waals surface area (Å²) in [5.74, 6) is -7.75. The maximum Gasteiger partial charge on any atom is 0.351 e. The predicted molar refractivity (Wildman–Crippen MR) is 475 cm³/mol. The molecule has 5 fully saturated rings.